The van der Waals surface area contributed by atoms with Crippen LogP contribution in [0.1, 0.15) is 75.3 Å². The Morgan fingerprint density at radius 2 is 1.83 bits per heavy atom. The molecule has 0 amide bonds. The third kappa shape index (κ3) is 6.49. The summed E-state index contributed by atoms with van der Waals surface area (Å²) in [6.45, 7) is 3.83. The van der Waals surface area contributed by atoms with Crippen LogP contribution < -0.4 is 0 Å². The zero-order valence-corrected chi connectivity index (χ0v) is 15.0. The minimum atomic E-state index is 0.698. The van der Waals surface area contributed by atoms with Crippen molar-refractivity contribution < 1.29 is 4.74 Å². The summed E-state index contributed by atoms with van der Waals surface area (Å²) in [7, 11) is 0. The molecule has 0 bridgehead atoms. The standard InChI is InChI=1S/C22H31NO/c1-2-3-5-16-24-17-6-4-7-19-8-12-21(13-9-19)22-14-10-20(18-23)11-15-22/h2-3,10-11,14-15,19,21H,4-9,12-13,16-17H2,1H3/b3-2+. The summed E-state index contributed by atoms with van der Waals surface area (Å²) < 4.78 is 5.64. The van der Waals surface area contributed by atoms with Crippen LogP contribution in [0.15, 0.2) is 36.4 Å². The van der Waals surface area contributed by atoms with Crippen molar-refractivity contribution in [1.82, 2.24) is 0 Å². The molecule has 0 aliphatic heterocycles. The number of ether oxygens (including phenoxy) is 1. The molecule has 24 heavy (non-hydrogen) atoms. The fourth-order valence-electron chi connectivity index (χ4n) is 3.67. The molecule has 1 aromatic rings. The Morgan fingerprint density at radius 1 is 1.08 bits per heavy atom. The Bertz CT molecular complexity index is 518. The highest BCUT2D eigenvalue weighted by Crippen LogP contribution is 2.37. The normalized spacial score (nSPS) is 21.0. The summed E-state index contributed by atoms with van der Waals surface area (Å²) in [4.78, 5) is 0. The third-order valence-corrected chi connectivity index (χ3v) is 5.17. The fourth-order valence-corrected chi connectivity index (χ4v) is 3.67. The summed E-state index contributed by atoms with van der Waals surface area (Å²) in [5.74, 6) is 1.60. The second-order valence-corrected chi connectivity index (χ2v) is 6.92. The summed E-state index contributed by atoms with van der Waals surface area (Å²) >= 11 is 0. The predicted octanol–water partition coefficient (Wildman–Crippen LogP) is 5.99. The zero-order chi connectivity index (χ0) is 17.0. The minimum absolute atomic E-state index is 0.698. The van der Waals surface area contributed by atoms with Crippen molar-refractivity contribution in [2.75, 3.05) is 13.2 Å². The van der Waals surface area contributed by atoms with Gasteiger partial charge in [0, 0.05) is 6.61 Å². The number of hydrogen-bond donors (Lipinski definition) is 0. The van der Waals surface area contributed by atoms with Crippen molar-refractivity contribution in [2.45, 2.75) is 64.2 Å². The van der Waals surface area contributed by atoms with E-state index in [1.165, 1.54) is 50.5 Å². The number of unbranched alkanes of at least 4 members (excludes halogenated alkanes) is 1. The van der Waals surface area contributed by atoms with E-state index in [0.29, 0.717) is 5.92 Å². The van der Waals surface area contributed by atoms with Crippen LogP contribution in [0.25, 0.3) is 0 Å². The van der Waals surface area contributed by atoms with Gasteiger partial charge < -0.3 is 4.74 Å². The highest BCUT2D eigenvalue weighted by molar-refractivity contribution is 5.33. The molecule has 0 N–H and O–H groups in total. The summed E-state index contributed by atoms with van der Waals surface area (Å²) in [5.41, 5.74) is 2.18. The number of rotatable bonds is 9. The molecule has 0 radical (unpaired) electrons. The summed E-state index contributed by atoms with van der Waals surface area (Å²) in [5, 5.41) is 8.89. The lowest BCUT2D eigenvalue weighted by Gasteiger charge is -2.29. The average molecular weight is 325 g/mol. The molecule has 0 spiro atoms. The van der Waals surface area contributed by atoms with Gasteiger partial charge >= 0.3 is 0 Å². The van der Waals surface area contributed by atoms with Crippen molar-refractivity contribution in [3.63, 3.8) is 0 Å². The van der Waals surface area contributed by atoms with E-state index in [1.54, 1.807) is 0 Å². The van der Waals surface area contributed by atoms with Gasteiger partial charge in [-0.3, -0.25) is 0 Å². The van der Waals surface area contributed by atoms with Crippen LogP contribution in [-0.4, -0.2) is 13.2 Å². The maximum atomic E-state index is 8.89. The van der Waals surface area contributed by atoms with Crippen LogP contribution in [-0.2, 0) is 4.74 Å². The molecule has 2 rings (SSSR count). The number of allylic oxidation sites excluding steroid dienone is 1. The molecule has 0 heterocycles. The van der Waals surface area contributed by atoms with Crippen LogP contribution in [0.4, 0.5) is 0 Å². The van der Waals surface area contributed by atoms with E-state index in [9.17, 15) is 0 Å². The van der Waals surface area contributed by atoms with Gasteiger partial charge in [-0.25, -0.2) is 0 Å². The van der Waals surface area contributed by atoms with Gasteiger partial charge in [-0.05, 0) is 75.0 Å². The Labute approximate surface area is 147 Å². The largest absolute Gasteiger partial charge is 0.381 e. The van der Waals surface area contributed by atoms with Crippen LogP contribution in [0, 0.1) is 17.2 Å². The van der Waals surface area contributed by atoms with Gasteiger partial charge in [0.25, 0.3) is 0 Å². The molecular weight excluding hydrogens is 294 g/mol. The van der Waals surface area contributed by atoms with Crippen LogP contribution >= 0.6 is 0 Å². The maximum Gasteiger partial charge on any atom is 0.0991 e. The van der Waals surface area contributed by atoms with E-state index in [0.717, 1.165) is 31.1 Å². The Kier molecular flexibility index (Phi) is 8.63. The highest BCUT2D eigenvalue weighted by Gasteiger charge is 2.21. The molecule has 1 aromatic carbocycles. The first-order valence-electron chi connectivity index (χ1n) is 9.52. The van der Waals surface area contributed by atoms with Gasteiger partial charge in [0.2, 0.25) is 0 Å². The van der Waals surface area contributed by atoms with E-state index in [4.69, 9.17) is 10.00 Å². The van der Waals surface area contributed by atoms with E-state index in [1.807, 2.05) is 12.1 Å². The molecule has 1 aliphatic rings. The van der Waals surface area contributed by atoms with Gasteiger partial charge in [-0.1, -0.05) is 37.1 Å². The van der Waals surface area contributed by atoms with Gasteiger partial charge in [-0.2, -0.15) is 5.26 Å². The lowest BCUT2D eigenvalue weighted by Crippen LogP contribution is -2.13. The highest BCUT2D eigenvalue weighted by atomic mass is 16.5. The monoisotopic (exact) mass is 325 g/mol. The Balaban J connectivity index is 1.56. The van der Waals surface area contributed by atoms with Gasteiger partial charge in [0.15, 0.2) is 0 Å². The van der Waals surface area contributed by atoms with Crippen LogP contribution in [0.3, 0.4) is 0 Å². The summed E-state index contributed by atoms with van der Waals surface area (Å²) in [6, 6.07) is 10.4. The van der Waals surface area contributed by atoms with Gasteiger partial charge in [-0.15, -0.1) is 0 Å². The molecule has 0 saturated heterocycles. The summed E-state index contributed by atoms with van der Waals surface area (Å²) in [6.07, 6.45) is 14.5. The van der Waals surface area contributed by atoms with Gasteiger partial charge in [0.05, 0.1) is 18.2 Å². The predicted molar refractivity (Wildman–Crippen MR) is 100.0 cm³/mol. The first-order valence-corrected chi connectivity index (χ1v) is 9.52. The van der Waals surface area contributed by atoms with Crippen molar-refractivity contribution in [2.24, 2.45) is 5.92 Å². The molecule has 0 unspecified atom stereocenters. The molecule has 1 aliphatic carbocycles. The number of hydrogen-bond acceptors (Lipinski definition) is 2. The fraction of sp³-hybridized carbons (Fsp3) is 0.591. The molecule has 2 nitrogen and oxygen atoms in total. The smallest absolute Gasteiger partial charge is 0.0991 e. The van der Waals surface area contributed by atoms with Crippen molar-refractivity contribution in [3.8, 4) is 6.07 Å². The molecule has 130 valence electrons. The minimum Gasteiger partial charge on any atom is -0.381 e. The number of nitriles is 1. The second-order valence-electron chi connectivity index (χ2n) is 6.92. The molecule has 1 fully saturated rings. The molecule has 0 aromatic heterocycles. The van der Waals surface area contributed by atoms with Crippen molar-refractivity contribution in [3.05, 3.63) is 47.5 Å². The van der Waals surface area contributed by atoms with Gasteiger partial charge in [0.1, 0.15) is 0 Å². The number of nitrogens with zero attached hydrogens (tertiary/aromatic N) is 1. The average Bonchev–Trinajstić information content (AvgIpc) is 2.64. The van der Waals surface area contributed by atoms with Crippen molar-refractivity contribution >= 4 is 0 Å². The van der Waals surface area contributed by atoms with E-state index in [-0.39, 0.29) is 0 Å². The lowest BCUT2D eigenvalue weighted by molar-refractivity contribution is 0.132. The lowest BCUT2D eigenvalue weighted by atomic mass is 9.77. The first-order chi connectivity index (χ1) is 11.8. The molecule has 0 atom stereocenters. The van der Waals surface area contributed by atoms with Crippen LogP contribution in [0.5, 0.6) is 0 Å². The van der Waals surface area contributed by atoms with E-state index < -0.39 is 0 Å². The topological polar surface area (TPSA) is 33.0 Å². The van der Waals surface area contributed by atoms with Crippen LogP contribution in [0.2, 0.25) is 0 Å². The second kappa shape index (κ2) is 11.0. The quantitative estimate of drug-likeness (QED) is 0.413. The Morgan fingerprint density at radius 3 is 2.50 bits per heavy atom. The number of benzene rings is 1. The van der Waals surface area contributed by atoms with Crippen molar-refractivity contribution in [1.29, 1.82) is 5.26 Å². The molecular formula is C22H31NO. The zero-order valence-electron chi connectivity index (χ0n) is 15.0. The molecule has 1 saturated carbocycles. The first kappa shape index (κ1) is 18.7. The SMILES string of the molecule is C/C=C/CCOCCCCC1CCC(c2ccc(C#N)cc2)CC1. The molecule has 2 heteroatoms. The third-order valence-electron chi connectivity index (χ3n) is 5.17. The van der Waals surface area contributed by atoms with E-state index >= 15 is 0 Å². The maximum absolute atomic E-state index is 8.89. The Hall–Kier alpha value is -1.59. The van der Waals surface area contributed by atoms with E-state index in [2.05, 4.69) is 37.3 Å².